The molecule has 3 rings (SSSR count). The van der Waals surface area contributed by atoms with Crippen molar-refractivity contribution in [2.75, 3.05) is 13.4 Å². The Kier molecular flexibility index (Phi) is 4.40. The van der Waals surface area contributed by atoms with E-state index in [9.17, 15) is 13.2 Å². The fraction of sp³-hybridized carbons (Fsp3) is 0.438. The van der Waals surface area contributed by atoms with E-state index in [4.69, 9.17) is 4.74 Å². The molecule has 0 saturated carbocycles. The number of carbonyl (C=O) groups is 1. The van der Waals surface area contributed by atoms with Crippen LogP contribution in [0.25, 0.3) is 11.4 Å². The molecule has 1 atom stereocenters. The van der Waals surface area contributed by atoms with Gasteiger partial charge in [0.25, 0.3) is 0 Å². The second kappa shape index (κ2) is 6.35. The molecule has 0 bridgehead atoms. The number of hydrogen-bond acceptors (Lipinski definition) is 6. The van der Waals surface area contributed by atoms with Crippen LogP contribution in [-0.2, 0) is 32.3 Å². The van der Waals surface area contributed by atoms with Crippen LogP contribution < -0.4 is 0 Å². The number of rotatable bonds is 3. The van der Waals surface area contributed by atoms with E-state index in [0.717, 1.165) is 5.82 Å². The zero-order valence-electron chi connectivity index (χ0n) is 13.6. The lowest BCUT2D eigenvalue weighted by Crippen LogP contribution is -2.16. The van der Waals surface area contributed by atoms with Gasteiger partial charge in [0.2, 0.25) is 0 Å². The van der Waals surface area contributed by atoms with Crippen LogP contribution in [0, 0.1) is 5.92 Å². The summed E-state index contributed by atoms with van der Waals surface area (Å²) in [5.41, 5.74) is 0.702. The van der Waals surface area contributed by atoms with Crippen LogP contribution in [-0.4, -0.2) is 42.5 Å². The molecule has 0 fully saturated rings. The van der Waals surface area contributed by atoms with Crippen molar-refractivity contribution in [2.24, 2.45) is 5.92 Å². The summed E-state index contributed by atoms with van der Waals surface area (Å²) in [6.07, 6.45) is 3.14. The number of carbonyl (C=O) groups excluding carboxylic acids is 1. The summed E-state index contributed by atoms with van der Waals surface area (Å²) >= 11 is 0. The highest BCUT2D eigenvalue weighted by molar-refractivity contribution is 7.90. The van der Waals surface area contributed by atoms with E-state index < -0.39 is 9.84 Å². The van der Waals surface area contributed by atoms with Crippen molar-refractivity contribution >= 4 is 15.8 Å². The molecule has 1 aromatic heterocycles. The second-order valence-corrected chi connectivity index (χ2v) is 7.95. The number of nitrogens with zero attached hydrogens (tertiary/aromatic N) is 3. The number of esters is 1. The van der Waals surface area contributed by atoms with Crippen LogP contribution in [0.2, 0.25) is 0 Å². The highest BCUT2D eigenvalue weighted by atomic mass is 32.2. The molecule has 8 heteroatoms. The third kappa shape index (κ3) is 3.19. The smallest absolute Gasteiger partial charge is 0.308 e. The van der Waals surface area contributed by atoms with Crippen LogP contribution in [0.1, 0.15) is 18.7 Å². The van der Waals surface area contributed by atoms with Gasteiger partial charge < -0.3 is 9.30 Å². The van der Waals surface area contributed by atoms with Crippen molar-refractivity contribution in [2.45, 2.75) is 30.7 Å². The molecule has 2 heterocycles. The van der Waals surface area contributed by atoms with E-state index in [1.54, 1.807) is 18.2 Å². The Morgan fingerprint density at radius 3 is 2.79 bits per heavy atom. The molecule has 7 nitrogen and oxygen atoms in total. The largest absolute Gasteiger partial charge is 0.469 e. The van der Waals surface area contributed by atoms with Gasteiger partial charge in [-0.1, -0.05) is 12.1 Å². The van der Waals surface area contributed by atoms with Crippen LogP contribution in [0.4, 0.5) is 0 Å². The average molecular weight is 349 g/mol. The van der Waals surface area contributed by atoms with Gasteiger partial charge in [-0.25, -0.2) is 8.42 Å². The Morgan fingerprint density at radius 2 is 2.08 bits per heavy atom. The summed E-state index contributed by atoms with van der Waals surface area (Å²) in [6, 6.07) is 6.68. The number of benzene rings is 1. The molecular weight excluding hydrogens is 330 g/mol. The highest BCUT2D eigenvalue weighted by Gasteiger charge is 2.26. The van der Waals surface area contributed by atoms with E-state index in [-0.39, 0.29) is 16.8 Å². The number of sulfone groups is 1. The van der Waals surface area contributed by atoms with Crippen molar-refractivity contribution < 1.29 is 17.9 Å². The van der Waals surface area contributed by atoms with Crippen molar-refractivity contribution in [1.82, 2.24) is 14.8 Å². The lowest BCUT2D eigenvalue weighted by Gasteiger charge is -2.11. The fourth-order valence-electron chi connectivity index (χ4n) is 2.97. The molecule has 128 valence electrons. The monoisotopic (exact) mass is 349 g/mol. The number of ether oxygens (including phenoxy) is 1. The topological polar surface area (TPSA) is 91.2 Å². The van der Waals surface area contributed by atoms with Crippen LogP contribution >= 0.6 is 0 Å². The molecule has 0 spiro atoms. The zero-order valence-corrected chi connectivity index (χ0v) is 14.4. The Bertz CT molecular complexity index is 873. The minimum Gasteiger partial charge on any atom is -0.469 e. The minimum atomic E-state index is -3.29. The molecule has 0 aliphatic carbocycles. The molecule has 2 aromatic rings. The molecule has 0 radical (unpaired) electrons. The van der Waals surface area contributed by atoms with Gasteiger partial charge in [0, 0.05) is 24.8 Å². The lowest BCUT2D eigenvalue weighted by molar-refractivity contribution is -0.145. The average Bonchev–Trinajstić information content (AvgIpc) is 2.85. The number of fused-ring (bicyclic) bond motifs is 1. The van der Waals surface area contributed by atoms with Gasteiger partial charge in [-0.3, -0.25) is 4.79 Å². The quantitative estimate of drug-likeness (QED) is 0.780. The van der Waals surface area contributed by atoms with Gasteiger partial charge in [-0.2, -0.15) is 0 Å². The zero-order chi connectivity index (χ0) is 17.3. The first-order valence-corrected chi connectivity index (χ1v) is 9.59. The van der Waals surface area contributed by atoms with Crippen LogP contribution in [0.5, 0.6) is 0 Å². The van der Waals surface area contributed by atoms with Gasteiger partial charge in [-0.15, -0.1) is 10.2 Å². The Hall–Kier alpha value is -2.22. The summed E-state index contributed by atoms with van der Waals surface area (Å²) in [6.45, 7) is 0.598. The number of aromatic nitrogens is 3. The number of aryl methyl sites for hydroxylation is 1. The maximum absolute atomic E-state index is 11.8. The molecule has 0 N–H and O–H groups in total. The maximum Gasteiger partial charge on any atom is 0.308 e. The maximum atomic E-state index is 11.8. The standard InChI is InChI=1S/C16H19N3O4S/c1-23-16(20)11-6-7-14-17-18-15(19(14)9-8-11)12-4-3-5-13(10-12)24(2,21)22/h3-5,10-11H,6-9H2,1-2H3. The van der Waals surface area contributed by atoms with E-state index in [1.807, 2.05) is 10.6 Å². The van der Waals surface area contributed by atoms with E-state index in [1.165, 1.54) is 13.4 Å². The molecule has 0 amide bonds. The third-order valence-electron chi connectivity index (χ3n) is 4.30. The Labute approximate surface area is 140 Å². The summed E-state index contributed by atoms with van der Waals surface area (Å²) < 4.78 is 30.3. The second-order valence-electron chi connectivity index (χ2n) is 5.94. The fourth-order valence-corrected chi connectivity index (χ4v) is 3.64. The summed E-state index contributed by atoms with van der Waals surface area (Å²) in [4.78, 5) is 12.0. The summed E-state index contributed by atoms with van der Waals surface area (Å²) in [5.74, 6) is 1.09. The van der Waals surface area contributed by atoms with Crippen LogP contribution in [0.3, 0.4) is 0 Å². The molecule has 0 saturated heterocycles. The third-order valence-corrected chi connectivity index (χ3v) is 5.41. The van der Waals surface area contributed by atoms with Crippen molar-refractivity contribution in [3.63, 3.8) is 0 Å². The lowest BCUT2D eigenvalue weighted by atomic mass is 10.0. The SMILES string of the molecule is COC(=O)C1CCc2nnc(-c3cccc(S(C)(=O)=O)c3)n2CC1. The Morgan fingerprint density at radius 1 is 1.29 bits per heavy atom. The predicted molar refractivity (Wildman–Crippen MR) is 87.0 cm³/mol. The molecule has 1 aromatic carbocycles. The van der Waals surface area contributed by atoms with E-state index in [0.29, 0.717) is 37.2 Å². The van der Waals surface area contributed by atoms with Gasteiger partial charge >= 0.3 is 5.97 Å². The number of hydrogen-bond donors (Lipinski definition) is 0. The molecule has 1 aliphatic rings. The van der Waals surface area contributed by atoms with Crippen LogP contribution in [0.15, 0.2) is 29.2 Å². The van der Waals surface area contributed by atoms with E-state index >= 15 is 0 Å². The van der Waals surface area contributed by atoms with Crippen molar-refractivity contribution in [3.8, 4) is 11.4 Å². The summed E-state index contributed by atoms with van der Waals surface area (Å²) in [7, 11) is -1.89. The minimum absolute atomic E-state index is 0.146. The van der Waals surface area contributed by atoms with Gasteiger partial charge in [0.15, 0.2) is 15.7 Å². The van der Waals surface area contributed by atoms with Gasteiger partial charge in [0.1, 0.15) is 5.82 Å². The predicted octanol–water partition coefficient (Wildman–Crippen LogP) is 1.47. The molecular formula is C16H19N3O4S. The normalized spacial score (nSPS) is 17.8. The first-order chi connectivity index (χ1) is 11.4. The Balaban J connectivity index is 1.94. The van der Waals surface area contributed by atoms with Crippen molar-refractivity contribution in [3.05, 3.63) is 30.1 Å². The van der Waals surface area contributed by atoms with Crippen molar-refractivity contribution in [1.29, 1.82) is 0 Å². The van der Waals surface area contributed by atoms with Gasteiger partial charge in [-0.05, 0) is 25.0 Å². The molecule has 1 unspecified atom stereocenters. The molecule has 1 aliphatic heterocycles. The first kappa shape index (κ1) is 16.6. The van der Waals surface area contributed by atoms with E-state index in [2.05, 4.69) is 10.2 Å². The summed E-state index contributed by atoms with van der Waals surface area (Å²) in [5, 5.41) is 8.44. The highest BCUT2D eigenvalue weighted by Crippen LogP contribution is 2.27. The van der Waals surface area contributed by atoms with Gasteiger partial charge in [0.05, 0.1) is 17.9 Å². The number of methoxy groups -OCH3 is 1. The molecule has 24 heavy (non-hydrogen) atoms. The first-order valence-electron chi connectivity index (χ1n) is 7.70.